The first-order valence-electron chi connectivity index (χ1n) is 23.3. The highest BCUT2D eigenvalue weighted by atomic mass is 16.6. The van der Waals surface area contributed by atoms with E-state index in [1.54, 1.807) is 0 Å². The van der Waals surface area contributed by atoms with Gasteiger partial charge in [0.1, 0.15) is 13.2 Å². The number of carbonyl (C=O) groups is 3. The molecule has 0 aromatic heterocycles. The van der Waals surface area contributed by atoms with Crippen LogP contribution in [-0.2, 0) is 28.6 Å². The van der Waals surface area contributed by atoms with Crippen molar-refractivity contribution in [3.05, 3.63) is 24.3 Å². The minimum absolute atomic E-state index is 0.0776. The first-order valence-corrected chi connectivity index (χ1v) is 23.3. The Labute approximate surface area is 334 Å². The van der Waals surface area contributed by atoms with Gasteiger partial charge in [0, 0.05) is 19.3 Å². The minimum atomic E-state index is -0.773. The molecule has 0 aliphatic heterocycles. The summed E-state index contributed by atoms with van der Waals surface area (Å²) in [5, 5.41) is 0. The largest absolute Gasteiger partial charge is 0.462 e. The summed E-state index contributed by atoms with van der Waals surface area (Å²) in [7, 11) is 0. The molecule has 0 saturated heterocycles. The predicted molar refractivity (Wildman–Crippen MR) is 229 cm³/mol. The maximum absolute atomic E-state index is 12.7. The Hall–Kier alpha value is -2.11. The molecule has 0 rings (SSSR count). The number of unbranched alkanes of at least 4 members (excludes halogenated alkanes) is 27. The maximum atomic E-state index is 12.7. The lowest BCUT2D eigenvalue weighted by molar-refractivity contribution is -0.167. The number of carbonyl (C=O) groups excluding carboxylic acids is 3. The summed E-state index contributed by atoms with van der Waals surface area (Å²) in [4.78, 5) is 37.7. The van der Waals surface area contributed by atoms with E-state index in [0.717, 1.165) is 77.0 Å². The fourth-order valence-corrected chi connectivity index (χ4v) is 6.59. The first kappa shape index (κ1) is 51.9. The average Bonchev–Trinajstić information content (AvgIpc) is 3.17. The molecular weight excluding hydrogens is 673 g/mol. The molecule has 6 nitrogen and oxygen atoms in total. The van der Waals surface area contributed by atoms with Crippen molar-refractivity contribution in [2.24, 2.45) is 0 Å². The second-order valence-electron chi connectivity index (χ2n) is 15.7. The average molecular weight is 761 g/mol. The van der Waals surface area contributed by atoms with Crippen molar-refractivity contribution in [1.29, 1.82) is 0 Å². The fraction of sp³-hybridized carbons (Fsp3) is 0.854. The van der Waals surface area contributed by atoms with Crippen LogP contribution < -0.4 is 0 Å². The SMILES string of the molecule is CCCC/C=C\CCCCCCCC(=O)OCC(COC(=O)CCCCC/C=C\CCCCCCCC)OC(=O)CCCCCCCCCCCCCC. The number of rotatable bonds is 42. The predicted octanol–water partition coefficient (Wildman–Crippen LogP) is 14.8. The van der Waals surface area contributed by atoms with Gasteiger partial charge in [0.15, 0.2) is 6.10 Å². The Morgan fingerprint density at radius 1 is 0.352 bits per heavy atom. The van der Waals surface area contributed by atoms with E-state index in [4.69, 9.17) is 14.2 Å². The molecule has 54 heavy (non-hydrogen) atoms. The standard InChI is InChI=1S/C48H88O6/c1-4-7-10-13-16-19-22-24-27-29-32-35-38-41-47(50)53-44-45(43-52-46(49)40-37-34-31-28-25-21-18-15-12-9-6-3)54-48(51)42-39-36-33-30-26-23-20-17-14-11-8-5-2/h15,18,24,27,45H,4-14,16-17,19-23,25-26,28-44H2,1-3H3/b18-15-,27-24-. The summed E-state index contributed by atoms with van der Waals surface area (Å²) in [6, 6.07) is 0. The normalized spacial score (nSPS) is 12.1. The monoisotopic (exact) mass is 761 g/mol. The van der Waals surface area contributed by atoms with Crippen LogP contribution in [0, 0.1) is 0 Å². The highest BCUT2D eigenvalue weighted by Gasteiger charge is 2.19. The Morgan fingerprint density at radius 2 is 0.630 bits per heavy atom. The molecule has 0 bridgehead atoms. The highest BCUT2D eigenvalue weighted by Crippen LogP contribution is 2.14. The topological polar surface area (TPSA) is 78.9 Å². The van der Waals surface area contributed by atoms with Gasteiger partial charge in [-0.15, -0.1) is 0 Å². The Balaban J connectivity index is 4.38. The van der Waals surface area contributed by atoms with Crippen LogP contribution in [0.4, 0.5) is 0 Å². The van der Waals surface area contributed by atoms with Crippen molar-refractivity contribution in [1.82, 2.24) is 0 Å². The molecule has 0 N–H and O–H groups in total. The van der Waals surface area contributed by atoms with Crippen LogP contribution in [0.2, 0.25) is 0 Å². The fourth-order valence-electron chi connectivity index (χ4n) is 6.59. The number of ether oxygens (including phenoxy) is 3. The number of hydrogen-bond acceptors (Lipinski definition) is 6. The van der Waals surface area contributed by atoms with E-state index in [-0.39, 0.29) is 31.1 Å². The molecule has 0 radical (unpaired) electrons. The van der Waals surface area contributed by atoms with Crippen molar-refractivity contribution in [3.8, 4) is 0 Å². The van der Waals surface area contributed by atoms with Crippen LogP contribution in [-0.4, -0.2) is 37.2 Å². The third-order valence-corrected chi connectivity index (χ3v) is 10.2. The summed E-state index contributed by atoms with van der Waals surface area (Å²) in [6.07, 6.45) is 47.3. The molecule has 316 valence electrons. The van der Waals surface area contributed by atoms with E-state index in [1.165, 1.54) is 128 Å². The van der Waals surface area contributed by atoms with Crippen LogP contribution in [0.15, 0.2) is 24.3 Å². The van der Waals surface area contributed by atoms with E-state index >= 15 is 0 Å². The summed E-state index contributed by atoms with van der Waals surface area (Å²) < 4.78 is 16.7. The lowest BCUT2D eigenvalue weighted by Crippen LogP contribution is -2.30. The van der Waals surface area contributed by atoms with Crippen LogP contribution in [0.3, 0.4) is 0 Å². The summed E-state index contributed by atoms with van der Waals surface area (Å²) in [5.74, 6) is -0.898. The van der Waals surface area contributed by atoms with Crippen LogP contribution in [0.5, 0.6) is 0 Å². The van der Waals surface area contributed by atoms with Gasteiger partial charge in [-0.3, -0.25) is 14.4 Å². The zero-order valence-corrected chi connectivity index (χ0v) is 36.0. The maximum Gasteiger partial charge on any atom is 0.306 e. The quantitative estimate of drug-likeness (QED) is 0.0267. The van der Waals surface area contributed by atoms with E-state index < -0.39 is 6.10 Å². The number of hydrogen-bond donors (Lipinski definition) is 0. The zero-order chi connectivity index (χ0) is 39.4. The third kappa shape index (κ3) is 41.1. The van der Waals surface area contributed by atoms with Gasteiger partial charge in [-0.25, -0.2) is 0 Å². The second kappa shape index (κ2) is 43.6. The second-order valence-corrected chi connectivity index (χ2v) is 15.7. The van der Waals surface area contributed by atoms with E-state index in [9.17, 15) is 14.4 Å². The molecule has 1 atom stereocenters. The first-order chi connectivity index (χ1) is 26.5. The third-order valence-electron chi connectivity index (χ3n) is 10.2. The lowest BCUT2D eigenvalue weighted by atomic mass is 10.0. The molecule has 0 fully saturated rings. The van der Waals surface area contributed by atoms with Gasteiger partial charge in [-0.2, -0.15) is 0 Å². The molecule has 0 aliphatic rings. The van der Waals surface area contributed by atoms with Gasteiger partial charge in [0.2, 0.25) is 0 Å². The van der Waals surface area contributed by atoms with Gasteiger partial charge in [-0.05, 0) is 64.2 Å². The van der Waals surface area contributed by atoms with E-state index in [1.807, 2.05) is 0 Å². The summed E-state index contributed by atoms with van der Waals surface area (Å²) in [5.41, 5.74) is 0. The molecule has 0 spiro atoms. The molecule has 0 heterocycles. The van der Waals surface area contributed by atoms with Crippen molar-refractivity contribution in [3.63, 3.8) is 0 Å². The lowest BCUT2D eigenvalue weighted by Gasteiger charge is -2.18. The van der Waals surface area contributed by atoms with Crippen molar-refractivity contribution >= 4 is 17.9 Å². The van der Waals surface area contributed by atoms with Gasteiger partial charge in [0.05, 0.1) is 0 Å². The molecule has 1 unspecified atom stereocenters. The Bertz CT molecular complexity index is 880. The highest BCUT2D eigenvalue weighted by molar-refractivity contribution is 5.71. The number of allylic oxidation sites excluding steroid dienone is 4. The van der Waals surface area contributed by atoms with Crippen molar-refractivity contribution < 1.29 is 28.6 Å². The minimum Gasteiger partial charge on any atom is -0.462 e. The zero-order valence-electron chi connectivity index (χ0n) is 36.0. The molecule has 0 aliphatic carbocycles. The summed E-state index contributed by atoms with van der Waals surface area (Å²) in [6.45, 7) is 6.57. The molecule has 0 saturated carbocycles. The van der Waals surface area contributed by atoms with Crippen LogP contribution in [0.1, 0.15) is 245 Å². The molecule has 6 heteroatoms. The number of esters is 3. The van der Waals surface area contributed by atoms with Gasteiger partial charge >= 0.3 is 17.9 Å². The van der Waals surface area contributed by atoms with Crippen molar-refractivity contribution in [2.45, 2.75) is 252 Å². The van der Waals surface area contributed by atoms with Gasteiger partial charge in [-0.1, -0.05) is 186 Å². The van der Waals surface area contributed by atoms with Crippen LogP contribution >= 0.6 is 0 Å². The molecular formula is C48H88O6. The molecule has 0 aromatic rings. The molecule has 0 amide bonds. The van der Waals surface area contributed by atoms with E-state index in [2.05, 4.69) is 45.1 Å². The smallest absolute Gasteiger partial charge is 0.306 e. The van der Waals surface area contributed by atoms with Gasteiger partial charge in [0.25, 0.3) is 0 Å². The Morgan fingerprint density at radius 3 is 1.00 bits per heavy atom. The summed E-state index contributed by atoms with van der Waals surface area (Å²) >= 11 is 0. The van der Waals surface area contributed by atoms with Crippen LogP contribution in [0.25, 0.3) is 0 Å². The van der Waals surface area contributed by atoms with Crippen molar-refractivity contribution in [2.75, 3.05) is 13.2 Å². The van der Waals surface area contributed by atoms with E-state index in [0.29, 0.717) is 19.3 Å². The molecule has 0 aromatic carbocycles. The van der Waals surface area contributed by atoms with Gasteiger partial charge < -0.3 is 14.2 Å². The Kier molecular flexibility index (Phi) is 41.9.